The summed E-state index contributed by atoms with van der Waals surface area (Å²) in [6.45, 7) is 8.29. The van der Waals surface area contributed by atoms with Crippen LogP contribution in [-0.4, -0.2) is 47.0 Å². The van der Waals surface area contributed by atoms with Gasteiger partial charge in [-0.25, -0.2) is 9.97 Å². The van der Waals surface area contributed by atoms with Crippen LogP contribution in [-0.2, 0) is 0 Å². The molecule has 22 heavy (non-hydrogen) atoms. The fourth-order valence-electron chi connectivity index (χ4n) is 3.21. The highest BCUT2D eigenvalue weighted by atomic mass is 16.2. The van der Waals surface area contributed by atoms with Crippen molar-refractivity contribution < 1.29 is 4.79 Å². The molecule has 1 aromatic heterocycles. The molecule has 2 saturated heterocycles. The zero-order valence-corrected chi connectivity index (χ0v) is 13.7. The molecule has 0 N–H and O–H groups in total. The van der Waals surface area contributed by atoms with Crippen molar-refractivity contribution in [3.63, 3.8) is 0 Å². The van der Waals surface area contributed by atoms with Crippen LogP contribution in [0.2, 0.25) is 0 Å². The summed E-state index contributed by atoms with van der Waals surface area (Å²) in [5.41, 5.74) is 0.476. The number of carbonyl (C=O) groups is 1. The van der Waals surface area contributed by atoms with E-state index in [9.17, 15) is 4.79 Å². The molecule has 1 aromatic rings. The summed E-state index contributed by atoms with van der Waals surface area (Å²) in [5.74, 6) is 2.44. The van der Waals surface area contributed by atoms with E-state index in [0.29, 0.717) is 5.69 Å². The van der Waals surface area contributed by atoms with Gasteiger partial charge in [-0.05, 0) is 37.5 Å². The monoisotopic (exact) mass is 302 g/mol. The summed E-state index contributed by atoms with van der Waals surface area (Å²) < 4.78 is 0. The summed E-state index contributed by atoms with van der Waals surface area (Å²) in [5, 5.41) is 0. The number of carbonyl (C=O) groups excluding carboxylic acids is 1. The van der Waals surface area contributed by atoms with Crippen LogP contribution in [0.5, 0.6) is 0 Å². The molecular formula is C17H26N4O. The van der Waals surface area contributed by atoms with Crippen LogP contribution in [0.1, 0.15) is 50.0 Å². The highest BCUT2D eigenvalue weighted by Crippen LogP contribution is 2.21. The number of aromatic nitrogens is 2. The van der Waals surface area contributed by atoms with Gasteiger partial charge in [0.15, 0.2) is 0 Å². The molecule has 3 heterocycles. The van der Waals surface area contributed by atoms with Gasteiger partial charge < -0.3 is 9.80 Å². The second kappa shape index (κ2) is 6.63. The zero-order valence-electron chi connectivity index (χ0n) is 13.7. The molecule has 0 radical (unpaired) electrons. The Morgan fingerprint density at radius 3 is 2.09 bits per heavy atom. The van der Waals surface area contributed by atoms with Crippen LogP contribution < -0.4 is 4.90 Å². The molecule has 5 nitrogen and oxygen atoms in total. The summed E-state index contributed by atoms with van der Waals surface area (Å²) in [7, 11) is 0. The first-order valence-corrected chi connectivity index (χ1v) is 8.49. The molecule has 0 saturated carbocycles. The van der Waals surface area contributed by atoms with Gasteiger partial charge in [-0.2, -0.15) is 0 Å². The lowest BCUT2D eigenvalue weighted by atomic mass is 9.99. The van der Waals surface area contributed by atoms with E-state index in [-0.39, 0.29) is 5.91 Å². The van der Waals surface area contributed by atoms with E-state index in [1.165, 1.54) is 12.8 Å². The van der Waals surface area contributed by atoms with Crippen LogP contribution in [0.3, 0.4) is 0 Å². The van der Waals surface area contributed by atoms with E-state index >= 15 is 0 Å². The van der Waals surface area contributed by atoms with Crippen molar-refractivity contribution in [1.82, 2.24) is 14.9 Å². The normalized spacial score (nSPS) is 21.2. The summed E-state index contributed by atoms with van der Waals surface area (Å²) in [4.78, 5) is 25.5. The predicted octanol–water partition coefficient (Wildman–Crippen LogP) is 2.59. The van der Waals surface area contributed by atoms with Crippen LogP contribution in [0, 0.1) is 11.8 Å². The van der Waals surface area contributed by atoms with Crippen LogP contribution in [0.25, 0.3) is 0 Å². The Kier molecular flexibility index (Phi) is 4.60. The third kappa shape index (κ3) is 3.39. The summed E-state index contributed by atoms with van der Waals surface area (Å²) in [6.07, 6.45) is 7.98. The third-order valence-corrected chi connectivity index (χ3v) is 5.04. The fraction of sp³-hybridized carbons (Fsp3) is 0.706. The quantitative estimate of drug-likeness (QED) is 0.842. The van der Waals surface area contributed by atoms with Gasteiger partial charge in [0, 0.05) is 26.2 Å². The molecule has 120 valence electrons. The topological polar surface area (TPSA) is 49.3 Å². The van der Waals surface area contributed by atoms with Crippen molar-refractivity contribution in [2.24, 2.45) is 11.8 Å². The third-order valence-electron chi connectivity index (χ3n) is 5.04. The number of rotatable bonds is 2. The Morgan fingerprint density at radius 1 is 0.955 bits per heavy atom. The van der Waals surface area contributed by atoms with Crippen LogP contribution >= 0.6 is 0 Å². The van der Waals surface area contributed by atoms with E-state index in [1.807, 2.05) is 4.90 Å². The molecule has 5 heteroatoms. The van der Waals surface area contributed by atoms with Gasteiger partial charge in [-0.1, -0.05) is 13.8 Å². The smallest absolute Gasteiger partial charge is 0.274 e. The van der Waals surface area contributed by atoms with E-state index in [2.05, 4.69) is 28.7 Å². The van der Waals surface area contributed by atoms with Gasteiger partial charge in [-0.3, -0.25) is 4.79 Å². The minimum Gasteiger partial charge on any atom is -0.355 e. The van der Waals surface area contributed by atoms with E-state index in [4.69, 9.17) is 0 Å². The second-order valence-corrected chi connectivity index (χ2v) is 6.90. The largest absolute Gasteiger partial charge is 0.355 e. The fourth-order valence-corrected chi connectivity index (χ4v) is 3.21. The predicted molar refractivity (Wildman–Crippen MR) is 86.9 cm³/mol. The Hall–Kier alpha value is -1.65. The Labute approximate surface area is 132 Å². The number of anilines is 1. The van der Waals surface area contributed by atoms with Gasteiger partial charge in [0.2, 0.25) is 0 Å². The number of hydrogen-bond acceptors (Lipinski definition) is 4. The average molecular weight is 302 g/mol. The minimum absolute atomic E-state index is 0.0261. The standard InChI is InChI=1S/C17H26N4O/c1-13-3-7-20(8-4-13)16-12-18-15(11-19-16)17(22)21-9-5-14(2)6-10-21/h11-14H,3-10H2,1-2H3. The van der Waals surface area contributed by atoms with E-state index in [1.54, 1.807) is 12.4 Å². The highest BCUT2D eigenvalue weighted by Gasteiger charge is 2.23. The van der Waals surface area contributed by atoms with Gasteiger partial charge in [0.05, 0.1) is 12.4 Å². The Balaban J connectivity index is 1.62. The molecule has 0 atom stereocenters. The number of piperidine rings is 2. The first-order valence-electron chi connectivity index (χ1n) is 8.49. The van der Waals surface area contributed by atoms with Crippen LogP contribution in [0.4, 0.5) is 5.82 Å². The first-order chi connectivity index (χ1) is 10.6. The maximum Gasteiger partial charge on any atom is 0.274 e. The molecule has 1 amide bonds. The maximum absolute atomic E-state index is 12.4. The lowest BCUT2D eigenvalue weighted by Crippen LogP contribution is -2.38. The van der Waals surface area contributed by atoms with Gasteiger partial charge in [0.1, 0.15) is 11.5 Å². The molecule has 0 unspecified atom stereocenters. The molecule has 0 bridgehead atoms. The molecule has 2 fully saturated rings. The van der Waals surface area contributed by atoms with E-state index < -0.39 is 0 Å². The van der Waals surface area contributed by atoms with Crippen molar-refractivity contribution >= 4 is 11.7 Å². The SMILES string of the molecule is CC1CCN(C(=O)c2cnc(N3CCC(C)CC3)cn2)CC1. The van der Waals surface area contributed by atoms with Gasteiger partial charge in [0.25, 0.3) is 5.91 Å². The lowest BCUT2D eigenvalue weighted by molar-refractivity contribution is 0.0691. The highest BCUT2D eigenvalue weighted by molar-refractivity contribution is 5.92. The van der Waals surface area contributed by atoms with Crippen molar-refractivity contribution in [3.05, 3.63) is 18.1 Å². The van der Waals surface area contributed by atoms with Crippen molar-refractivity contribution in [1.29, 1.82) is 0 Å². The summed E-state index contributed by atoms with van der Waals surface area (Å²) >= 11 is 0. The maximum atomic E-state index is 12.4. The average Bonchev–Trinajstić information content (AvgIpc) is 2.56. The molecular weight excluding hydrogens is 276 g/mol. The Morgan fingerprint density at radius 2 is 1.55 bits per heavy atom. The number of likely N-dealkylation sites (tertiary alicyclic amines) is 1. The summed E-state index contributed by atoms with van der Waals surface area (Å²) in [6, 6.07) is 0. The Bertz CT molecular complexity index is 500. The number of amides is 1. The molecule has 2 aliphatic rings. The lowest BCUT2D eigenvalue weighted by Gasteiger charge is -2.31. The molecule has 0 spiro atoms. The number of nitrogens with zero attached hydrogens (tertiary/aromatic N) is 4. The van der Waals surface area contributed by atoms with Crippen LogP contribution in [0.15, 0.2) is 12.4 Å². The molecule has 2 aliphatic heterocycles. The molecule has 3 rings (SSSR count). The zero-order chi connectivity index (χ0) is 15.5. The minimum atomic E-state index is 0.0261. The second-order valence-electron chi connectivity index (χ2n) is 6.90. The van der Waals surface area contributed by atoms with Crippen molar-refractivity contribution in [2.75, 3.05) is 31.1 Å². The van der Waals surface area contributed by atoms with Crippen molar-refractivity contribution in [3.8, 4) is 0 Å². The molecule has 0 aromatic carbocycles. The number of hydrogen-bond donors (Lipinski definition) is 0. The van der Waals surface area contributed by atoms with Gasteiger partial charge in [-0.15, -0.1) is 0 Å². The first kappa shape index (κ1) is 15.3. The van der Waals surface area contributed by atoms with E-state index in [0.717, 1.165) is 56.7 Å². The van der Waals surface area contributed by atoms with Crippen molar-refractivity contribution in [2.45, 2.75) is 39.5 Å². The van der Waals surface area contributed by atoms with Gasteiger partial charge >= 0.3 is 0 Å². The molecule has 0 aliphatic carbocycles.